The van der Waals surface area contributed by atoms with Crippen LogP contribution < -0.4 is 5.01 Å². The van der Waals surface area contributed by atoms with Gasteiger partial charge in [0.25, 0.3) is 5.09 Å². The number of imidazole rings is 1. The third-order valence-electron chi connectivity index (χ3n) is 6.82. The molecule has 1 atom stereocenters. The zero-order chi connectivity index (χ0) is 29.7. The number of ether oxygens (including phenoxy) is 2. The molecule has 220 valence electrons. The van der Waals surface area contributed by atoms with Gasteiger partial charge in [0.05, 0.1) is 18.9 Å². The SMILES string of the molecule is C[C@@H](OC(=O)CCCCO[N+](=O)[O-])c1nc2cnc3c(ccn3C(=O)OC(C)(C)C)c2n1N1CCC(CC#N)CC1. The van der Waals surface area contributed by atoms with E-state index in [4.69, 9.17) is 19.7 Å². The smallest absolute Gasteiger partial charge is 0.420 e. The molecule has 0 radical (unpaired) electrons. The molecule has 3 aromatic heterocycles. The van der Waals surface area contributed by atoms with Crippen LogP contribution in [0.4, 0.5) is 4.79 Å². The molecule has 1 fully saturated rings. The van der Waals surface area contributed by atoms with E-state index in [1.165, 1.54) is 4.57 Å². The normalized spacial score (nSPS) is 15.0. The van der Waals surface area contributed by atoms with Crippen LogP contribution >= 0.6 is 0 Å². The molecule has 4 rings (SSSR count). The number of pyridine rings is 1. The van der Waals surface area contributed by atoms with Gasteiger partial charge in [0.2, 0.25) is 0 Å². The summed E-state index contributed by atoms with van der Waals surface area (Å²) in [4.78, 5) is 49.4. The Morgan fingerprint density at radius 1 is 1.27 bits per heavy atom. The van der Waals surface area contributed by atoms with Crippen LogP contribution in [0.15, 0.2) is 18.5 Å². The molecule has 0 N–H and O–H groups in total. The van der Waals surface area contributed by atoms with Crippen molar-refractivity contribution in [2.24, 2.45) is 5.92 Å². The molecule has 0 amide bonds. The largest absolute Gasteiger partial charge is 0.454 e. The lowest BCUT2D eigenvalue weighted by molar-refractivity contribution is -0.757. The minimum Gasteiger partial charge on any atom is -0.454 e. The predicted octanol–water partition coefficient (Wildman–Crippen LogP) is 4.41. The summed E-state index contributed by atoms with van der Waals surface area (Å²) in [7, 11) is 0. The van der Waals surface area contributed by atoms with Crippen LogP contribution in [0.25, 0.3) is 22.1 Å². The highest BCUT2D eigenvalue weighted by atomic mass is 16.9. The number of carbonyl (C=O) groups excluding carboxylic acids is 2. The average Bonchev–Trinajstić information content (AvgIpc) is 3.50. The van der Waals surface area contributed by atoms with Crippen molar-refractivity contribution in [3.05, 3.63) is 34.4 Å². The van der Waals surface area contributed by atoms with Crippen molar-refractivity contribution < 1.29 is 29.0 Å². The zero-order valence-corrected chi connectivity index (χ0v) is 23.7. The van der Waals surface area contributed by atoms with Gasteiger partial charge in [-0.05, 0) is 65.4 Å². The third-order valence-corrected chi connectivity index (χ3v) is 6.82. The molecule has 0 spiro atoms. The first-order valence-electron chi connectivity index (χ1n) is 13.7. The highest BCUT2D eigenvalue weighted by Crippen LogP contribution is 2.31. The van der Waals surface area contributed by atoms with E-state index in [1.807, 2.05) is 4.68 Å². The van der Waals surface area contributed by atoms with Crippen LogP contribution in [0, 0.1) is 27.4 Å². The molecular weight excluding hydrogens is 534 g/mol. The lowest BCUT2D eigenvalue weighted by atomic mass is 9.95. The molecule has 0 aliphatic carbocycles. The molecule has 14 nitrogen and oxygen atoms in total. The Bertz CT molecular complexity index is 1460. The van der Waals surface area contributed by atoms with Gasteiger partial charge in [-0.2, -0.15) is 5.26 Å². The first-order chi connectivity index (χ1) is 19.5. The van der Waals surface area contributed by atoms with Crippen LogP contribution in [-0.4, -0.2) is 61.7 Å². The molecule has 0 aromatic carbocycles. The van der Waals surface area contributed by atoms with Gasteiger partial charge in [-0.15, -0.1) is 10.1 Å². The van der Waals surface area contributed by atoms with Crippen molar-refractivity contribution in [2.75, 3.05) is 24.7 Å². The van der Waals surface area contributed by atoms with Crippen LogP contribution in [0.3, 0.4) is 0 Å². The van der Waals surface area contributed by atoms with Crippen molar-refractivity contribution in [1.82, 2.24) is 19.2 Å². The Labute approximate surface area is 236 Å². The Balaban J connectivity index is 1.66. The Morgan fingerprint density at radius 3 is 2.66 bits per heavy atom. The maximum absolute atomic E-state index is 12.9. The Morgan fingerprint density at radius 2 is 2.00 bits per heavy atom. The van der Waals surface area contributed by atoms with E-state index in [0.717, 1.165) is 18.4 Å². The van der Waals surface area contributed by atoms with Crippen molar-refractivity contribution in [2.45, 2.75) is 77.9 Å². The van der Waals surface area contributed by atoms with E-state index in [-0.39, 0.29) is 13.0 Å². The summed E-state index contributed by atoms with van der Waals surface area (Å²) < 4.78 is 14.6. The maximum Gasteiger partial charge on any atom is 0.420 e. The standard InChI is InChI=1S/C27H35N7O7/c1-18(40-22(35)7-5-6-16-39-34(37)38)24-30-21-17-29-25-20(11-15-32(25)26(36)41-27(2,3)4)23(21)33(24)31-13-9-19(8-12-28)10-14-31/h11,15,17-19H,5-10,13-14,16H2,1-4H3/t18-/m1/s1. The summed E-state index contributed by atoms with van der Waals surface area (Å²) in [6, 6.07) is 4.05. The van der Waals surface area contributed by atoms with Crippen LogP contribution in [-0.2, 0) is 19.1 Å². The number of rotatable bonds is 10. The molecular formula is C27H35N7O7. The van der Waals surface area contributed by atoms with Gasteiger partial charge in [0.1, 0.15) is 16.6 Å². The van der Waals surface area contributed by atoms with Gasteiger partial charge in [0, 0.05) is 37.5 Å². The molecule has 1 saturated heterocycles. The van der Waals surface area contributed by atoms with Gasteiger partial charge in [-0.25, -0.2) is 24.0 Å². The highest BCUT2D eigenvalue weighted by molar-refractivity contribution is 6.04. The second-order valence-corrected chi connectivity index (χ2v) is 11.1. The quantitative estimate of drug-likeness (QED) is 0.147. The van der Waals surface area contributed by atoms with Crippen LogP contribution in [0.5, 0.6) is 0 Å². The monoisotopic (exact) mass is 569 g/mol. The molecule has 41 heavy (non-hydrogen) atoms. The number of esters is 1. The number of aromatic nitrogens is 4. The van der Waals surface area contributed by atoms with E-state index in [1.54, 1.807) is 46.2 Å². The number of piperidine rings is 1. The summed E-state index contributed by atoms with van der Waals surface area (Å²) in [5, 5.41) is 21.4. The fourth-order valence-electron chi connectivity index (χ4n) is 4.93. The Kier molecular flexibility index (Phi) is 8.95. The van der Waals surface area contributed by atoms with E-state index >= 15 is 0 Å². The number of fused-ring (bicyclic) bond motifs is 3. The number of nitrogens with zero attached hydrogens (tertiary/aromatic N) is 7. The summed E-state index contributed by atoms with van der Waals surface area (Å²) in [5.41, 5.74) is 1.04. The van der Waals surface area contributed by atoms with Gasteiger partial charge in [0.15, 0.2) is 17.6 Å². The molecule has 3 aromatic rings. The molecule has 0 bridgehead atoms. The van der Waals surface area contributed by atoms with E-state index in [0.29, 0.717) is 60.6 Å². The summed E-state index contributed by atoms with van der Waals surface area (Å²) in [6.45, 7) is 8.37. The molecule has 0 saturated carbocycles. The van der Waals surface area contributed by atoms with Crippen molar-refractivity contribution in [1.29, 1.82) is 5.26 Å². The molecule has 4 heterocycles. The van der Waals surface area contributed by atoms with Gasteiger partial charge < -0.3 is 19.3 Å². The minimum atomic E-state index is -0.860. The van der Waals surface area contributed by atoms with E-state index in [2.05, 4.69) is 20.9 Å². The van der Waals surface area contributed by atoms with E-state index < -0.39 is 28.9 Å². The number of hydrogen-bond acceptors (Lipinski definition) is 11. The summed E-state index contributed by atoms with van der Waals surface area (Å²) >= 11 is 0. The predicted molar refractivity (Wildman–Crippen MR) is 147 cm³/mol. The van der Waals surface area contributed by atoms with E-state index in [9.17, 15) is 19.7 Å². The van der Waals surface area contributed by atoms with Gasteiger partial charge in [-0.3, -0.25) is 4.79 Å². The summed E-state index contributed by atoms with van der Waals surface area (Å²) in [6.07, 6.45) is 4.88. The second-order valence-electron chi connectivity index (χ2n) is 11.1. The highest BCUT2D eigenvalue weighted by Gasteiger charge is 2.29. The number of hydrogen-bond donors (Lipinski definition) is 0. The zero-order valence-electron chi connectivity index (χ0n) is 23.7. The second kappa shape index (κ2) is 12.4. The van der Waals surface area contributed by atoms with Gasteiger partial charge >= 0.3 is 12.1 Å². The van der Waals surface area contributed by atoms with Crippen molar-refractivity contribution >= 4 is 34.1 Å². The molecule has 0 unspecified atom stereocenters. The fourth-order valence-corrected chi connectivity index (χ4v) is 4.93. The number of carbonyl (C=O) groups is 2. The van der Waals surface area contributed by atoms with Crippen molar-refractivity contribution in [3.63, 3.8) is 0 Å². The van der Waals surface area contributed by atoms with Crippen LogP contribution in [0.1, 0.15) is 78.1 Å². The summed E-state index contributed by atoms with van der Waals surface area (Å²) in [5.74, 6) is 0.353. The molecule has 1 aliphatic rings. The molecule has 1 aliphatic heterocycles. The van der Waals surface area contributed by atoms with Gasteiger partial charge in [-0.1, -0.05) is 0 Å². The topological polar surface area (TPSA) is 168 Å². The molecule has 14 heteroatoms. The minimum absolute atomic E-state index is 0.0791. The first kappa shape index (κ1) is 29.6. The maximum atomic E-state index is 12.9. The lowest BCUT2D eigenvalue weighted by Gasteiger charge is -2.35. The third kappa shape index (κ3) is 7.03. The number of nitriles is 1. The fraction of sp³-hybridized carbons (Fsp3) is 0.593. The number of unbranched alkanes of at least 4 members (excludes halogenated alkanes) is 1. The van der Waals surface area contributed by atoms with Crippen molar-refractivity contribution in [3.8, 4) is 6.07 Å². The lowest BCUT2D eigenvalue weighted by Crippen LogP contribution is -2.43. The first-order valence-corrected chi connectivity index (χ1v) is 13.7. The van der Waals surface area contributed by atoms with Crippen LogP contribution in [0.2, 0.25) is 0 Å². The Hall–Kier alpha value is -4.41. The average molecular weight is 570 g/mol.